The third kappa shape index (κ3) is 4.70. The summed E-state index contributed by atoms with van der Waals surface area (Å²) < 4.78 is 27.9. The lowest BCUT2D eigenvalue weighted by atomic mass is 10.4. The first-order chi connectivity index (χ1) is 9.55. The average molecular weight is 311 g/mol. The van der Waals surface area contributed by atoms with Crippen molar-refractivity contribution >= 4 is 21.6 Å². The van der Waals surface area contributed by atoms with Gasteiger partial charge in [-0.2, -0.15) is 0 Å². The zero-order chi connectivity index (χ0) is 14.4. The number of benzene rings is 1. The maximum Gasteiger partial charge on any atom is 0.175 e. The molecule has 0 aliphatic heterocycles. The van der Waals surface area contributed by atoms with Crippen LogP contribution in [0.15, 0.2) is 56.9 Å². The first-order valence-corrected chi connectivity index (χ1v) is 9.09. The van der Waals surface area contributed by atoms with Gasteiger partial charge in [-0.25, -0.2) is 8.42 Å². The van der Waals surface area contributed by atoms with Crippen LogP contribution in [-0.2, 0) is 16.4 Å². The molecule has 1 N–H and O–H groups in total. The molecular weight excluding hydrogens is 294 g/mol. The van der Waals surface area contributed by atoms with Crippen molar-refractivity contribution in [3.63, 3.8) is 0 Å². The van der Waals surface area contributed by atoms with Crippen molar-refractivity contribution in [3.05, 3.63) is 48.4 Å². The Hall–Kier alpha value is -1.24. The van der Waals surface area contributed by atoms with Gasteiger partial charge in [-0.3, -0.25) is 0 Å². The van der Waals surface area contributed by atoms with Gasteiger partial charge in [-0.05, 0) is 36.4 Å². The Morgan fingerprint density at radius 1 is 1.20 bits per heavy atom. The van der Waals surface area contributed by atoms with Crippen LogP contribution in [0.4, 0.5) is 0 Å². The monoisotopic (exact) mass is 311 g/mol. The summed E-state index contributed by atoms with van der Waals surface area (Å²) in [5, 5.41) is 3.28. The molecule has 0 bridgehead atoms. The minimum atomic E-state index is -3.11. The highest BCUT2D eigenvalue weighted by Crippen LogP contribution is 2.19. The number of thioether (sulfide) groups is 1. The molecule has 0 radical (unpaired) electrons. The Morgan fingerprint density at radius 3 is 2.55 bits per heavy atom. The molecule has 0 saturated carbocycles. The molecule has 20 heavy (non-hydrogen) atoms. The molecule has 1 heterocycles. The molecule has 0 fully saturated rings. The van der Waals surface area contributed by atoms with Gasteiger partial charge in [-0.1, -0.05) is 0 Å². The second-order valence-corrected chi connectivity index (χ2v) is 7.53. The number of nitrogens with one attached hydrogen (secondary N) is 1. The van der Waals surface area contributed by atoms with E-state index in [0.29, 0.717) is 4.90 Å². The molecule has 1 aromatic carbocycles. The quantitative estimate of drug-likeness (QED) is 0.629. The van der Waals surface area contributed by atoms with Gasteiger partial charge in [0, 0.05) is 23.4 Å². The van der Waals surface area contributed by atoms with E-state index < -0.39 is 9.84 Å². The fraction of sp³-hybridized carbons (Fsp3) is 0.286. The van der Waals surface area contributed by atoms with Crippen LogP contribution in [0.2, 0.25) is 0 Å². The fourth-order valence-corrected chi connectivity index (χ4v) is 3.09. The lowest BCUT2D eigenvalue weighted by Gasteiger charge is -2.04. The van der Waals surface area contributed by atoms with E-state index in [1.165, 1.54) is 6.26 Å². The average Bonchev–Trinajstić information content (AvgIpc) is 2.91. The van der Waals surface area contributed by atoms with Crippen molar-refractivity contribution in [1.82, 2.24) is 5.32 Å². The molecule has 2 rings (SSSR count). The Bertz CT molecular complexity index is 619. The Balaban J connectivity index is 1.72. The van der Waals surface area contributed by atoms with E-state index in [0.717, 1.165) is 29.5 Å². The van der Waals surface area contributed by atoms with Crippen molar-refractivity contribution < 1.29 is 12.8 Å². The van der Waals surface area contributed by atoms with Crippen molar-refractivity contribution in [1.29, 1.82) is 0 Å². The van der Waals surface area contributed by atoms with E-state index >= 15 is 0 Å². The largest absolute Gasteiger partial charge is 0.468 e. The van der Waals surface area contributed by atoms with Gasteiger partial charge in [0.1, 0.15) is 5.76 Å². The van der Waals surface area contributed by atoms with Crippen molar-refractivity contribution in [2.45, 2.75) is 16.3 Å². The highest BCUT2D eigenvalue weighted by Gasteiger charge is 2.06. The predicted octanol–water partition coefficient (Wildman–Crippen LogP) is 2.57. The zero-order valence-electron chi connectivity index (χ0n) is 11.2. The van der Waals surface area contributed by atoms with Crippen LogP contribution >= 0.6 is 11.8 Å². The predicted molar refractivity (Wildman–Crippen MR) is 80.7 cm³/mol. The number of hydrogen-bond donors (Lipinski definition) is 1. The third-order valence-corrected chi connectivity index (χ3v) is 4.82. The van der Waals surface area contributed by atoms with Crippen LogP contribution in [0.25, 0.3) is 0 Å². The molecule has 0 saturated heterocycles. The van der Waals surface area contributed by atoms with Gasteiger partial charge in [0.05, 0.1) is 17.7 Å². The molecule has 108 valence electrons. The van der Waals surface area contributed by atoms with Crippen molar-refractivity contribution in [2.24, 2.45) is 0 Å². The zero-order valence-corrected chi connectivity index (χ0v) is 12.8. The van der Waals surface area contributed by atoms with Crippen LogP contribution in [0.1, 0.15) is 5.76 Å². The van der Waals surface area contributed by atoms with E-state index in [2.05, 4.69) is 5.32 Å². The maximum atomic E-state index is 11.3. The third-order valence-electron chi connectivity index (χ3n) is 2.68. The van der Waals surface area contributed by atoms with Gasteiger partial charge in [0.15, 0.2) is 9.84 Å². The van der Waals surface area contributed by atoms with Gasteiger partial charge in [-0.15, -0.1) is 11.8 Å². The van der Waals surface area contributed by atoms with Crippen molar-refractivity contribution in [2.75, 3.05) is 18.6 Å². The summed E-state index contributed by atoms with van der Waals surface area (Å²) >= 11 is 1.69. The number of hydrogen-bond acceptors (Lipinski definition) is 5. The van der Waals surface area contributed by atoms with Gasteiger partial charge in [0.25, 0.3) is 0 Å². The Morgan fingerprint density at radius 2 is 1.95 bits per heavy atom. The summed E-state index contributed by atoms with van der Waals surface area (Å²) in [6.07, 6.45) is 2.88. The van der Waals surface area contributed by atoms with E-state index in [-0.39, 0.29) is 0 Å². The number of sulfone groups is 1. The van der Waals surface area contributed by atoms with Crippen LogP contribution in [0, 0.1) is 0 Å². The Labute approximate surface area is 123 Å². The molecular formula is C14H17NO3S2. The summed E-state index contributed by atoms with van der Waals surface area (Å²) in [7, 11) is -3.11. The van der Waals surface area contributed by atoms with Gasteiger partial charge >= 0.3 is 0 Å². The van der Waals surface area contributed by atoms with Crippen molar-refractivity contribution in [3.8, 4) is 0 Å². The fourth-order valence-electron chi connectivity index (χ4n) is 1.65. The summed E-state index contributed by atoms with van der Waals surface area (Å²) in [6.45, 7) is 1.58. The second kappa shape index (κ2) is 6.97. The molecule has 0 aliphatic rings. The number of rotatable bonds is 7. The minimum Gasteiger partial charge on any atom is -0.468 e. The molecule has 6 heteroatoms. The van der Waals surface area contributed by atoms with Gasteiger partial charge < -0.3 is 9.73 Å². The summed E-state index contributed by atoms with van der Waals surface area (Å²) in [6, 6.07) is 10.8. The van der Waals surface area contributed by atoms with E-state index in [1.54, 1.807) is 30.2 Å². The smallest absolute Gasteiger partial charge is 0.175 e. The van der Waals surface area contributed by atoms with Crippen LogP contribution in [0.3, 0.4) is 0 Å². The SMILES string of the molecule is CS(=O)(=O)c1ccc(SCCNCc2ccco2)cc1. The van der Waals surface area contributed by atoms with Crippen LogP contribution in [0.5, 0.6) is 0 Å². The second-order valence-electron chi connectivity index (χ2n) is 4.35. The standard InChI is InChI=1S/C14H17NO3S2/c1-20(16,17)14-6-4-13(5-7-14)19-10-8-15-11-12-3-2-9-18-12/h2-7,9,15H,8,10-11H2,1H3. The molecule has 4 nitrogen and oxygen atoms in total. The summed E-state index contributed by atoms with van der Waals surface area (Å²) in [5.74, 6) is 1.84. The molecule has 1 aromatic heterocycles. The molecule has 0 aliphatic carbocycles. The minimum absolute atomic E-state index is 0.359. The lowest BCUT2D eigenvalue weighted by molar-refractivity contribution is 0.488. The van der Waals surface area contributed by atoms with E-state index in [9.17, 15) is 8.42 Å². The molecule has 2 aromatic rings. The topological polar surface area (TPSA) is 59.3 Å². The Kier molecular flexibility index (Phi) is 5.28. The first-order valence-electron chi connectivity index (χ1n) is 6.22. The summed E-state index contributed by atoms with van der Waals surface area (Å²) in [4.78, 5) is 1.43. The molecule has 0 spiro atoms. The number of furan rings is 1. The van der Waals surface area contributed by atoms with Gasteiger partial charge in [0.2, 0.25) is 0 Å². The van der Waals surface area contributed by atoms with Crippen LogP contribution < -0.4 is 5.32 Å². The lowest BCUT2D eigenvalue weighted by Crippen LogP contribution is -2.15. The summed E-state index contributed by atoms with van der Waals surface area (Å²) in [5.41, 5.74) is 0. The normalized spacial score (nSPS) is 11.7. The van der Waals surface area contributed by atoms with Crippen LogP contribution in [-0.4, -0.2) is 27.0 Å². The highest BCUT2D eigenvalue weighted by atomic mass is 32.2. The van der Waals surface area contributed by atoms with E-state index in [1.807, 2.05) is 24.3 Å². The molecule has 0 atom stereocenters. The highest BCUT2D eigenvalue weighted by molar-refractivity contribution is 7.99. The first kappa shape index (κ1) is 15.2. The molecule has 0 unspecified atom stereocenters. The molecule has 0 amide bonds. The van der Waals surface area contributed by atoms with E-state index in [4.69, 9.17) is 4.42 Å². The maximum absolute atomic E-state index is 11.3.